The number of hydrogen-bond acceptors (Lipinski definition) is 3. The summed E-state index contributed by atoms with van der Waals surface area (Å²) in [5.41, 5.74) is 2.86. The molecule has 0 radical (unpaired) electrons. The summed E-state index contributed by atoms with van der Waals surface area (Å²) in [5, 5.41) is 3.35. The van der Waals surface area contributed by atoms with Crippen LogP contribution in [-0.4, -0.2) is 26.4 Å². The summed E-state index contributed by atoms with van der Waals surface area (Å²) in [4.78, 5) is 0. The molecule has 1 heterocycles. The van der Waals surface area contributed by atoms with Gasteiger partial charge in [-0.1, -0.05) is 6.07 Å². The third kappa shape index (κ3) is 2.17. The Morgan fingerprint density at radius 1 is 1.35 bits per heavy atom. The predicted octanol–water partition coefficient (Wildman–Crippen LogP) is 2.06. The Bertz CT molecular complexity index is 399. The summed E-state index contributed by atoms with van der Waals surface area (Å²) >= 11 is 0. The van der Waals surface area contributed by atoms with E-state index < -0.39 is 0 Å². The van der Waals surface area contributed by atoms with Crippen molar-refractivity contribution in [1.29, 1.82) is 0 Å². The number of rotatable bonds is 3. The highest BCUT2D eigenvalue weighted by atomic mass is 16.5. The van der Waals surface area contributed by atoms with Crippen molar-refractivity contribution in [1.82, 2.24) is 5.32 Å². The van der Waals surface area contributed by atoms with E-state index in [9.17, 15) is 0 Å². The largest absolute Gasteiger partial charge is 0.488 e. The molecule has 3 rings (SSSR count). The fourth-order valence-electron chi connectivity index (χ4n) is 2.77. The van der Waals surface area contributed by atoms with E-state index in [2.05, 4.69) is 23.5 Å². The van der Waals surface area contributed by atoms with E-state index in [1.165, 1.54) is 17.5 Å². The maximum absolute atomic E-state index is 5.92. The molecule has 2 aliphatic rings. The lowest BCUT2D eigenvalue weighted by Crippen LogP contribution is -2.16. The van der Waals surface area contributed by atoms with Crippen molar-refractivity contribution >= 4 is 0 Å². The molecule has 1 aliphatic heterocycles. The van der Waals surface area contributed by atoms with Gasteiger partial charge in [0.25, 0.3) is 0 Å². The van der Waals surface area contributed by atoms with Crippen LogP contribution in [0.3, 0.4) is 0 Å². The smallest absolute Gasteiger partial charge is 0.124 e. The highest BCUT2D eigenvalue weighted by Crippen LogP contribution is 2.33. The topological polar surface area (TPSA) is 30.5 Å². The van der Waals surface area contributed by atoms with E-state index in [4.69, 9.17) is 9.47 Å². The first kappa shape index (κ1) is 11.1. The molecule has 2 unspecified atom stereocenters. The molecule has 1 fully saturated rings. The van der Waals surface area contributed by atoms with Crippen LogP contribution in [-0.2, 0) is 11.2 Å². The molecule has 1 aromatic rings. The van der Waals surface area contributed by atoms with Crippen molar-refractivity contribution in [3.63, 3.8) is 0 Å². The number of hydrogen-bond donors (Lipinski definition) is 1. The number of fused-ring (bicyclic) bond motifs is 1. The Morgan fingerprint density at radius 3 is 3.06 bits per heavy atom. The van der Waals surface area contributed by atoms with E-state index >= 15 is 0 Å². The van der Waals surface area contributed by atoms with E-state index in [1.54, 1.807) is 0 Å². The van der Waals surface area contributed by atoms with Crippen LogP contribution in [0.5, 0.6) is 5.75 Å². The molecule has 3 heteroatoms. The minimum Gasteiger partial charge on any atom is -0.488 e. The molecular weight excluding hydrogens is 214 g/mol. The monoisotopic (exact) mass is 233 g/mol. The number of nitrogens with one attached hydrogen (secondary N) is 1. The van der Waals surface area contributed by atoms with Crippen LogP contribution >= 0.6 is 0 Å². The van der Waals surface area contributed by atoms with Gasteiger partial charge in [-0.2, -0.15) is 0 Å². The first-order valence-corrected chi connectivity index (χ1v) is 6.41. The van der Waals surface area contributed by atoms with Crippen LogP contribution in [0.15, 0.2) is 18.2 Å². The molecule has 0 aromatic heterocycles. The van der Waals surface area contributed by atoms with E-state index in [0.29, 0.717) is 6.04 Å². The van der Waals surface area contributed by atoms with Gasteiger partial charge in [0, 0.05) is 12.5 Å². The SMILES string of the molecule is CNC1CCc2cc(OC3CCOC3)ccc21. The summed E-state index contributed by atoms with van der Waals surface area (Å²) in [6.45, 7) is 1.56. The minimum absolute atomic E-state index is 0.245. The second-order valence-electron chi connectivity index (χ2n) is 4.84. The van der Waals surface area contributed by atoms with Gasteiger partial charge in [0.2, 0.25) is 0 Å². The Hall–Kier alpha value is -1.06. The number of aryl methyl sites for hydroxylation is 1. The molecule has 92 valence electrons. The number of benzene rings is 1. The van der Waals surface area contributed by atoms with Gasteiger partial charge in [-0.15, -0.1) is 0 Å². The van der Waals surface area contributed by atoms with Gasteiger partial charge in [0.15, 0.2) is 0 Å². The lowest BCUT2D eigenvalue weighted by molar-refractivity contribution is 0.141. The summed E-state index contributed by atoms with van der Waals surface area (Å²) < 4.78 is 11.2. The average molecular weight is 233 g/mol. The van der Waals surface area contributed by atoms with Crippen LogP contribution in [0.4, 0.5) is 0 Å². The zero-order valence-electron chi connectivity index (χ0n) is 10.2. The summed E-state index contributed by atoms with van der Waals surface area (Å²) in [6.07, 6.45) is 3.60. The fraction of sp³-hybridized carbons (Fsp3) is 0.571. The first-order valence-electron chi connectivity index (χ1n) is 6.41. The van der Waals surface area contributed by atoms with Gasteiger partial charge in [-0.25, -0.2) is 0 Å². The van der Waals surface area contributed by atoms with Crippen molar-refractivity contribution in [3.05, 3.63) is 29.3 Å². The zero-order chi connectivity index (χ0) is 11.7. The standard InChI is InChI=1S/C14H19NO2/c1-15-14-5-2-10-8-11(3-4-13(10)14)17-12-6-7-16-9-12/h3-4,8,12,14-15H,2,5-7,9H2,1H3. The highest BCUT2D eigenvalue weighted by molar-refractivity contribution is 5.40. The van der Waals surface area contributed by atoms with Gasteiger partial charge >= 0.3 is 0 Å². The van der Waals surface area contributed by atoms with E-state index in [1.807, 2.05) is 7.05 Å². The lowest BCUT2D eigenvalue weighted by atomic mass is 10.1. The maximum atomic E-state index is 5.92. The van der Waals surface area contributed by atoms with E-state index in [0.717, 1.165) is 31.8 Å². The van der Waals surface area contributed by atoms with Crippen LogP contribution in [0.25, 0.3) is 0 Å². The molecule has 2 atom stereocenters. The van der Waals surface area contributed by atoms with Crippen molar-refractivity contribution in [3.8, 4) is 5.75 Å². The van der Waals surface area contributed by atoms with Gasteiger partial charge in [-0.05, 0) is 43.1 Å². The number of ether oxygens (including phenoxy) is 2. The normalized spacial score (nSPS) is 27.1. The van der Waals surface area contributed by atoms with Gasteiger partial charge in [0.1, 0.15) is 11.9 Å². The first-order chi connectivity index (χ1) is 8.36. The molecule has 3 nitrogen and oxygen atoms in total. The van der Waals surface area contributed by atoms with Crippen LogP contribution < -0.4 is 10.1 Å². The van der Waals surface area contributed by atoms with Crippen molar-refractivity contribution in [2.45, 2.75) is 31.4 Å². The molecule has 17 heavy (non-hydrogen) atoms. The maximum Gasteiger partial charge on any atom is 0.124 e. The Labute approximate surface area is 102 Å². The lowest BCUT2D eigenvalue weighted by Gasteiger charge is -2.14. The second kappa shape index (κ2) is 4.67. The van der Waals surface area contributed by atoms with Crippen LogP contribution in [0.1, 0.15) is 30.0 Å². The summed E-state index contributed by atoms with van der Waals surface area (Å²) in [6, 6.07) is 7.01. The zero-order valence-corrected chi connectivity index (χ0v) is 10.2. The molecule has 0 spiro atoms. The second-order valence-corrected chi connectivity index (χ2v) is 4.84. The average Bonchev–Trinajstić information content (AvgIpc) is 2.97. The molecule has 0 saturated carbocycles. The van der Waals surface area contributed by atoms with Crippen molar-refractivity contribution in [2.75, 3.05) is 20.3 Å². The third-order valence-electron chi connectivity index (χ3n) is 3.73. The van der Waals surface area contributed by atoms with Gasteiger partial charge in [0.05, 0.1) is 13.2 Å². The predicted molar refractivity (Wildman–Crippen MR) is 66.4 cm³/mol. The third-order valence-corrected chi connectivity index (χ3v) is 3.73. The van der Waals surface area contributed by atoms with Crippen LogP contribution in [0.2, 0.25) is 0 Å². The summed E-state index contributed by atoms with van der Waals surface area (Å²) in [5.74, 6) is 0.996. The quantitative estimate of drug-likeness (QED) is 0.867. The Morgan fingerprint density at radius 2 is 2.29 bits per heavy atom. The molecule has 1 saturated heterocycles. The Balaban J connectivity index is 1.75. The Kier molecular flexibility index (Phi) is 3.04. The molecule has 1 aliphatic carbocycles. The molecule has 0 bridgehead atoms. The highest BCUT2D eigenvalue weighted by Gasteiger charge is 2.22. The molecular formula is C14H19NO2. The molecule has 1 N–H and O–H groups in total. The minimum atomic E-state index is 0.245. The van der Waals surface area contributed by atoms with Crippen LogP contribution in [0, 0.1) is 0 Å². The van der Waals surface area contributed by atoms with Gasteiger partial charge in [-0.3, -0.25) is 0 Å². The van der Waals surface area contributed by atoms with Gasteiger partial charge < -0.3 is 14.8 Å². The van der Waals surface area contributed by atoms with Crippen molar-refractivity contribution < 1.29 is 9.47 Å². The summed E-state index contributed by atoms with van der Waals surface area (Å²) in [7, 11) is 2.03. The molecule has 0 amide bonds. The fourth-order valence-corrected chi connectivity index (χ4v) is 2.77. The van der Waals surface area contributed by atoms with E-state index in [-0.39, 0.29) is 6.10 Å². The van der Waals surface area contributed by atoms with Crippen molar-refractivity contribution in [2.24, 2.45) is 0 Å². The molecule has 1 aromatic carbocycles.